The van der Waals surface area contributed by atoms with Crippen LogP contribution in [0.15, 0.2) is 48.5 Å². The maximum Gasteiger partial charge on any atom is 0.309 e. The van der Waals surface area contributed by atoms with Gasteiger partial charge >= 0.3 is 5.97 Å². The lowest BCUT2D eigenvalue weighted by Gasteiger charge is -2.17. The molecule has 0 aromatic heterocycles. The molecule has 154 valence electrons. The predicted molar refractivity (Wildman–Crippen MR) is 111 cm³/mol. The van der Waals surface area contributed by atoms with Gasteiger partial charge < -0.3 is 14.8 Å². The summed E-state index contributed by atoms with van der Waals surface area (Å²) in [6.07, 6.45) is 0.0549. The first-order valence-corrected chi connectivity index (χ1v) is 9.45. The number of benzene rings is 2. The van der Waals surface area contributed by atoms with Crippen LogP contribution in [0.5, 0.6) is 5.75 Å². The van der Waals surface area contributed by atoms with Crippen molar-refractivity contribution in [2.45, 2.75) is 34.1 Å². The Kier molecular flexibility index (Phi) is 7.53. The highest BCUT2D eigenvalue weighted by Crippen LogP contribution is 2.18. The molecule has 0 aliphatic rings. The van der Waals surface area contributed by atoms with Crippen LogP contribution in [0.4, 0.5) is 5.69 Å². The summed E-state index contributed by atoms with van der Waals surface area (Å²) in [6.45, 7) is 7.23. The predicted octanol–water partition coefficient (Wildman–Crippen LogP) is 4.17. The van der Waals surface area contributed by atoms with Gasteiger partial charge in [-0.1, -0.05) is 39.0 Å². The molecule has 2 rings (SSSR count). The van der Waals surface area contributed by atoms with Crippen LogP contribution < -0.4 is 10.1 Å². The standard InChI is InChI=1S/C23H27NO5/c1-16-7-5-6-8-20(16)28-14-13-21(26)29-15-19(25)17-9-11-18(12-10-17)24-22(27)23(2,3)4/h5-12H,13-15H2,1-4H3,(H,24,27). The summed E-state index contributed by atoms with van der Waals surface area (Å²) < 4.78 is 10.6. The third kappa shape index (κ3) is 7.07. The lowest BCUT2D eigenvalue weighted by atomic mass is 9.95. The SMILES string of the molecule is Cc1ccccc1OCCC(=O)OCC(=O)c1ccc(NC(=O)C(C)(C)C)cc1. The fourth-order valence-electron chi connectivity index (χ4n) is 2.32. The minimum atomic E-state index is -0.508. The van der Waals surface area contributed by atoms with Gasteiger partial charge in [0.05, 0.1) is 13.0 Å². The number of amides is 1. The summed E-state index contributed by atoms with van der Waals surface area (Å²) in [7, 11) is 0. The molecule has 2 aromatic carbocycles. The third-order valence-corrected chi connectivity index (χ3v) is 4.17. The summed E-state index contributed by atoms with van der Waals surface area (Å²) in [5.41, 5.74) is 1.48. The van der Waals surface area contributed by atoms with Gasteiger partial charge in [-0.2, -0.15) is 0 Å². The molecular formula is C23H27NO5. The third-order valence-electron chi connectivity index (χ3n) is 4.17. The number of para-hydroxylation sites is 1. The molecule has 0 saturated carbocycles. The van der Waals surface area contributed by atoms with E-state index in [-0.39, 0.29) is 31.3 Å². The van der Waals surface area contributed by atoms with Crippen molar-refractivity contribution in [1.82, 2.24) is 0 Å². The van der Waals surface area contributed by atoms with E-state index in [9.17, 15) is 14.4 Å². The van der Waals surface area contributed by atoms with Gasteiger partial charge in [0.15, 0.2) is 12.4 Å². The number of nitrogens with one attached hydrogen (secondary N) is 1. The second kappa shape index (κ2) is 9.87. The van der Waals surface area contributed by atoms with Gasteiger partial charge in [0.2, 0.25) is 5.91 Å². The number of Topliss-reactive ketones (excluding diaryl/α,β-unsaturated/α-hetero) is 1. The maximum absolute atomic E-state index is 12.2. The molecule has 0 aliphatic heterocycles. The second-order valence-corrected chi connectivity index (χ2v) is 7.73. The van der Waals surface area contributed by atoms with Crippen molar-refractivity contribution in [1.29, 1.82) is 0 Å². The average molecular weight is 397 g/mol. The zero-order valence-electron chi connectivity index (χ0n) is 17.3. The molecule has 6 heteroatoms. The number of carbonyl (C=O) groups is 3. The molecule has 0 aliphatic carbocycles. The first-order chi connectivity index (χ1) is 13.7. The smallest absolute Gasteiger partial charge is 0.309 e. The zero-order chi connectivity index (χ0) is 21.4. The largest absolute Gasteiger partial charge is 0.493 e. The Balaban J connectivity index is 1.76. The van der Waals surface area contributed by atoms with Crippen LogP contribution in [-0.4, -0.2) is 30.9 Å². The minimum absolute atomic E-state index is 0.0549. The summed E-state index contributed by atoms with van der Waals surface area (Å²) in [5.74, 6) is -0.207. The van der Waals surface area contributed by atoms with Gasteiger partial charge in [0.1, 0.15) is 5.75 Å². The Morgan fingerprint density at radius 2 is 1.62 bits per heavy atom. The summed E-state index contributed by atoms with van der Waals surface area (Å²) >= 11 is 0. The van der Waals surface area contributed by atoms with Crippen LogP contribution in [0.1, 0.15) is 43.1 Å². The van der Waals surface area contributed by atoms with Crippen LogP contribution in [0.25, 0.3) is 0 Å². The monoisotopic (exact) mass is 397 g/mol. The van der Waals surface area contributed by atoms with E-state index in [4.69, 9.17) is 9.47 Å². The molecule has 1 N–H and O–H groups in total. The molecule has 0 atom stereocenters. The number of ketones is 1. The first kappa shape index (κ1) is 22.1. The van der Waals surface area contributed by atoms with Gasteiger partial charge in [-0.3, -0.25) is 14.4 Å². The molecule has 2 aromatic rings. The topological polar surface area (TPSA) is 81.7 Å². The molecule has 0 heterocycles. The van der Waals surface area contributed by atoms with E-state index in [0.717, 1.165) is 11.3 Å². The number of anilines is 1. The summed E-state index contributed by atoms with van der Waals surface area (Å²) in [5, 5.41) is 2.79. The fraction of sp³-hybridized carbons (Fsp3) is 0.348. The van der Waals surface area contributed by atoms with E-state index >= 15 is 0 Å². The van der Waals surface area contributed by atoms with E-state index in [1.807, 2.05) is 52.0 Å². The molecule has 0 spiro atoms. The molecule has 0 radical (unpaired) electrons. The highest BCUT2D eigenvalue weighted by Gasteiger charge is 2.21. The molecule has 0 saturated heterocycles. The van der Waals surface area contributed by atoms with Gasteiger partial charge in [-0.05, 0) is 42.8 Å². The fourth-order valence-corrected chi connectivity index (χ4v) is 2.32. The Morgan fingerprint density at radius 3 is 2.24 bits per heavy atom. The van der Waals surface area contributed by atoms with Gasteiger partial charge in [0, 0.05) is 16.7 Å². The van der Waals surface area contributed by atoms with E-state index < -0.39 is 11.4 Å². The molecule has 6 nitrogen and oxygen atoms in total. The Labute approximate surface area is 171 Å². The van der Waals surface area contributed by atoms with Crippen molar-refractivity contribution in [2.24, 2.45) is 5.41 Å². The van der Waals surface area contributed by atoms with E-state index in [1.165, 1.54) is 0 Å². The number of hydrogen-bond acceptors (Lipinski definition) is 5. The molecule has 0 unspecified atom stereocenters. The van der Waals surface area contributed by atoms with E-state index in [1.54, 1.807) is 24.3 Å². The first-order valence-electron chi connectivity index (χ1n) is 9.45. The lowest BCUT2D eigenvalue weighted by Crippen LogP contribution is -2.27. The van der Waals surface area contributed by atoms with Gasteiger partial charge in [-0.25, -0.2) is 0 Å². The molecule has 0 bridgehead atoms. The Bertz CT molecular complexity index is 866. The minimum Gasteiger partial charge on any atom is -0.493 e. The van der Waals surface area contributed by atoms with Crippen molar-refractivity contribution in [2.75, 3.05) is 18.5 Å². The number of esters is 1. The highest BCUT2D eigenvalue weighted by molar-refractivity contribution is 5.99. The number of aryl methyl sites for hydroxylation is 1. The number of rotatable bonds is 8. The van der Waals surface area contributed by atoms with Crippen LogP contribution in [-0.2, 0) is 14.3 Å². The van der Waals surface area contributed by atoms with Crippen LogP contribution in [0.2, 0.25) is 0 Å². The van der Waals surface area contributed by atoms with Crippen LogP contribution in [0.3, 0.4) is 0 Å². The Morgan fingerprint density at radius 1 is 0.966 bits per heavy atom. The van der Waals surface area contributed by atoms with Crippen molar-refractivity contribution in [3.63, 3.8) is 0 Å². The normalized spacial score (nSPS) is 10.9. The van der Waals surface area contributed by atoms with Crippen LogP contribution in [0, 0.1) is 12.3 Å². The molecule has 29 heavy (non-hydrogen) atoms. The van der Waals surface area contributed by atoms with Crippen molar-refractivity contribution >= 4 is 23.3 Å². The number of ether oxygens (including phenoxy) is 2. The molecule has 1 amide bonds. The highest BCUT2D eigenvalue weighted by atomic mass is 16.5. The second-order valence-electron chi connectivity index (χ2n) is 7.73. The van der Waals surface area contributed by atoms with E-state index in [0.29, 0.717) is 11.3 Å². The van der Waals surface area contributed by atoms with Crippen molar-refractivity contribution in [3.05, 3.63) is 59.7 Å². The van der Waals surface area contributed by atoms with Gasteiger partial charge in [0.25, 0.3) is 0 Å². The Hall–Kier alpha value is -3.15. The van der Waals surface area contributed by atoms with Gasteiger partial charge in [-0.15, -0.1) is 0 Å². The van der Waals surface area contributed by atoms with Crippen molar-refractivity contribution in [3.8, 4) is 5.75 Å². The van der Waals surface area contributed by atoms with Crippen molar-refractivity contribution < 1.29 is 23.9 Å². The lowest BCUT2D eigenvalue weighted by molar-refractivity contribution is -0.143. The van der Waals surface area contributed by atoms with E-state index in [2.05, 4.69) is 5.32 Å². The zero-order valence-corrected chi connectivity index (χ0v) is 17.3. The van der Waals surface area contributed by atoms with Crippen LogP contribution >= 0.6 is 0 Å². The summed E-state index contributed by atoms with van der Waals surface area (Å²) in [4.78, 5) is 36.0. The maximum atomic E-state index is 12.2. The average Bonchev–Trinajstić information content (AvgIpc) is 2.67. The number of hydrogen-bond donors (Lipinski definition) is 1. The number of carbonyl (C=O) groups excluding carboxylic acids is 3. The molecule has 0 fully saturated rings. The molecular weight excluding hydrogens is 370 g/mol. The quantitative estimate of drug-likeness (QED) is 0.534. The summed E-state index contributed by atoms with van der Waals surface area (Å²) in [6, 6.07) is 14.0.